The number of hydrogen-bond donors (Lipinski definition) is 1. The van der Waals surface area contributed by atoms with E-state index in [1.54, 1.807) is 23.6 Å². The number of aryl methyl sites for hydroxylation is 3. The van der Waals surface area contributed by atoms with Crippen molar-refractivity contribution in [3.8, 4) is 0 Å². The molecule has 1 N–H and O–H groups in total. The van der Waals surface area contributed by atoms with Gasteiger partial charge in [0.05, 0.1) is 6.54 Å². The zero-order valence-electron chi connectivity index (χ0n) is 14.0. The second-order valence-electron chi connectivity index (χ2n) is 6.14. The standard InChI is InChI=1S/C17H16FN5O2/c1-9-10(2)23-13-14(20-16(23)19-9)21(3)17(25)22(15(13)24)8-11-4-6-12(18)7-5-11/h4-7H,8H2,1-3H3,(H,19,20). The average molecular weight is 341 g/mol. The maximum atomic E-state index is 13.1. The first kappa shape index (κ1) is 15.4. The molecule has 0 aliphatic rings. The fourth-order valence-corrected chi connectivity index (χ4v) is 3.07. The molecular formula is C17H16FN5O2. The molecule has 0 atom stereocenters. The van der Waals surface area contributed by atoms with E-state index in [1.807, 2.05) is 13.8 Å². The number of aromatic amines is 1. The Kier molecular flexibility index (Phi) is 3.18. The number of H-pyrrole nitrogens is 1. The maximum Gasteiger partial charge on any atom is 0.332 e. The van der Waals surface area contributed by atoms with Gasteiger partial charge in [-0.25, -0.2) is 9.18 Å². The Morgan fingerprint density at radius 1 is 1.16 bits per heavy atom. The second kappa shape index (κ2) is 5.17. The number of hydrogen-bond acceptors (Lipinski definition) is 3. The molecule has 25 heavy (non-hydrogen) atoms. The summed E-state index contributed by atoms with van der Waals surface area (Å²) >= 11 is 0. The van der Waals surface area contributed by atoms with E-state index in [0.29, 0.717) is 22.5 Å². The van der Waals surface area contributed by atoms with Gasteiger partial charge in [0.25, 0.3) is 5.56 Å². The zero-order valence-corrected chi connectivity index (χ0v) is 14.0. The molecule has 0 bridgehead atoms. The first-order valence-corrected chi connectivity index (χ1v) is 7.80. The summed E-state index contributed by atoms with van der Waals surface area (Å²) in [7, 11) is 1.58. The van der Waals surface area contributed by atoms with Gasteiger partial charge in [-0.1, -0.05) is 12.1 Å². The quantitative estimate of drug-likeness (QED) is 0.600. The lowest BCUT2D eigenvalue weighted by atomic mass is 10.2. The van der Waals surface area contributed by atoms with Gasteiger partial charge in [-0.05, 0) is 31.5 Å². The lowest BCUT2D eigenvalue weighted by molar-refractivity contribution is 0.623. The van der Waals surface area contributed by atoms with E-state index in [9.17, 15) is 14.0 Å². The van der Waals surface area contributed by atoms with E-state index >= 15 is 0 Å². The van der Waals surface area contributed by atoms with Crippen LogP contribution in [0.15, 0.2) is 33.9 Å². The summed E-state index contributed by atoms with van der Waals surface area (Å²) in [6, 6.07) is 5.73. The summed E-state index contributed by atoms with van der Waals surface area (Å²) in [6.07, 6.45) is 0. The van der Waals surface area contributed by atoms with E-state index in [0.717, 1.165) is 16.0 Å². The molecule has 0 radical (unpaired) electrons. The number of aromatic nitrogens is 5. The smallest absolute Gasteiger partial charge is 0.327 e. The van der Waals surface area contributed by atoms with Gasteiger partial charge in [-0.2, -0.15) is 4.98 Å². The Morgan fingerprint density at radius 2 is 1.84 bits per heavy atom. The number of halogens is 1. The minimum Gasteiger partial charge on any atom is -0.327 e. The molecule has 128 valence electrons. The van der Waals surface area contributed by atoms with Gasteiger partial charge in [0.15, 0.2) is 11.2 Å². The summed E-state index contributed by atoms with van der Waals surface area (Å²) in [5.74, 6) is 0.159. The van der Waals surface area contributed by atoms with E-state index < -0.39 is 11.2 Å². The Hall–Kier alpha value is -3.16. The maximum absolute atomic E-state index is 13.1. The highest BCUT2D eigenvalue weighted by molar-refractivity contribution is 5.76. The summed E-state index contributed by atoms with van der Waals surface area (Å²) in [5.41, 5.74) is 2.24. The van der Waals surface area contributed by atoms with Crippen LogP contribution in [0.1, 0.15) is 17.0 Å². The van der Waals surface area contributed by atoms with Gasteiger partial charge in [-0.3, -0.25) is 18.3 Å². The van der Waals surface area contributed by atoms with Crippen molar-refractivity contribution in [3.63, 3.8) is 0 Å². The molecule has 0 fully saturated rings. The van der Waals surface area contributed by atoms with Crippen LogP contribution in [0.5, 0.6) is 0 Å². The molecular weight excluding hydrogens is 325 g/mol. The van der Waals surface area contributed by atoms with E-state index in [-0.39, 0.29) is 12.4 Å². The normalized spacial score (nSPS) is 11.7. The van der Waals surface area contributed by atoms with E-state index in [2.05, 4.69) is 9.97 Å². The van der Waals surface area contributed by atoms with Gasteiger partial charge >= 0.3 is 5.69 Å². The highest BCUT2D eigenvalue weighted by Crippen LogP contribution is 2.16. The lowest BCUT2D eigenvalue weighted by Crippen LogP contribution is -2.39. The van der Waals surface area contributed by atoms with Crippen LogP contribution in [0.25, 0.3) is 16.9 Å². The van der Waals surface area contributed by atoms with E-state index in [4.69, 9.17) is 0 Å². The van der Waals surface area contributed by atoms with Crippen LogP contribution >= 0.6 is 0 Å². The van der Waals surface area contributed by atoms with Crippen LogP contribution in [-0.2, 0) is 13.6 Å². The second-order valence-corrected chi connectivity index (χ2v) is 6.14. The monoisotopic (exact) mass is 341 g/mol. The van der Waals surface area contributed by atoms with Crippen LogP contribution in [0.3, 0.4) is 0 Å². The summed E-state index contributed by atoms with van der Waals surface area (Å²) in [6.45, 7) is 3.85. The highest BCUT2D eigenvalue weighted by Gasteiger charge is 2.19. The number of imidazole rings is 2. The Morgan fingerprint density at radius 3 is 2.52 bits per heavy atom. The van der Waals surface area contributed by atoms with Crippen LogP contribution in [0.2, 0.25) is 0 Å². The molecule has 0 aliphatic carbocycles. The molecule has 8 heteroatoms. The predicted octanol–water partition coefficient (Wildman–Crippen LogP) is 1.48. The number of benzene rings is 1. The summed E-state index contributed by atoms with van der Waals surface area (Å²) < 4.78 is 17.3. The fourth-order valence-electron chi connectivity index (χ4n) is 3.07. The number of nitrogens with one attached hydrogen (secondary N) is 1. The molecule has 0 unspecified atom stereocenters. The van der Waals surface area contributed by atoms with Crippen LogP contribution in [0, 0.1) is 19.7 Å². The van der Waals surface area contributed by atoms with Crippen molar-refractivity contribution in [3.05, 3.63) is 67.9 Å². The van der Waals surface area contributed by atoms with Crippen molar-refractivity contribution >= 4 is 16.9 Å². The third-order valence-electron chi connectivity index (χ3n) is 4.57. The minimum atomic E-state index is -0.461. The molecule has 0 spiro atoms. The van der Waals surface area contributed by atoms with Gasteiger partial charge in [0, 0.05) is 18.4 Å². The van der Waals surface area contributed by atoms with Gasteiger partial charge in [0.1, 0.15) is 5.82 Å². The molecule has 4 rings (SSSR count). The van der Waals surface area contributed by atoms with Crippen LogP contribution < -0.4 is 11.2 Å². The van der Waals surface area contributed by atoms with Gasteiger partial charge in [0.2, 0.25) is 5.78 Å². The SMILES string of the molecule is Cc1[nH]c2nc3c(c(=O)n(Cc4ccc(F)cc4)c(=O)n3C)n2c1C. The predicted molar refractivity (Wildman–Crippen MR) is 91.5 cm³/mol. The number of nitrogens with zero attached hydrogens (tertiary/aromatic N) is 4. The fraction of sp³-hybridized carbons (Fsp3) is 0.235. The first-order chi connectivity index (χ1) is 11.9. The molecule has 0 saturated heterocycles. The third kappa shape index (κ3) is 2.14. The van der Waals surface area contributed by atoms with Crippen molar-refractivity contribution in [2.45, 2.75) is 20.4 Å². The molecule has 7 nitrogen and oxygen atoms in total. The molecule has 3 aromatic heterocycles. The van der Waals surface area contributed by atoms with Crippen LogP contribution in [-0.4, -0.2) is 23.5 Å². The van der Waals surface area contributed by atoms with Crippen molar-refractivity contribution in [2.24, 2.45) is 7.05 Å². The third-order valence-corrected chi connectivity index (χ3v) is 4.57. The average Bonchev–Trinajstić information content (AvgIpc) is 3.08. The molecule has 0 aliphatic heterocycles. The zero-order chi connectivity index (χ0) is 17.9. The Balaban J connectivity index is 2.04. The lowest BCUT2D eigenvalue weighted by Gasteiger charge is -2.08. The minimum absolute atomic E-state index is 0.0669. The Bertz CT molecular complexity index is 1240. The largest absolute Gasteiger partial charge is 0.332 e. The molecule has 3 heterocycles. The first-order valence-electron chi connectivity index (χ1n) is 7.80. The Labute approximate surface area is 141 Å². The number of rotatable bonds is 2. The van der Waals surface area contributed by atoms with Crippen molar-refractivity contribution in [1.29, 1.82) is 0 Å². The van der Waals surface area contributed by atoms with Crippen molar-refractivity contribution in [1.82, 2.24) is 23.5 Å². The topological polar surface area (TPSA) is 77.1 Å². The molecule has 0 saturated carbocycles. The molecule has 0 amide bonds. The summed E-state index contributed by atoms with van der Waals surface area (Å²) in [4.78, 5) is 33.1. The number of fused-ring (bicyclic) bond motifs is 3. The van der Waals surface area contributed by atoms with Crippen LogP contribution in [0.4, 0.5) is 4.39 Å². The molecule has 4 aromatic rings. The summed E-state index contributed by atoms with van der Waals surface area (Å²) in [5, 5.41) is 0. The van der Waals surface area contributed by atoms with E-state index in [1.165, 1.54) is 16.7 Å². The molecule has 1 aromatic carbocycles. The van der Waals surface area contributed by atoms with Gasteiger partial charge < -0.3 is 4.98 Å². The van der Waals surface area contributed by atoms with Gasteiger partial charge in [-0.15, -0.1) is 0 Å². The van der Waals surface area contributed by atoms with Crippen molar-refractivity contribution < 1.29 is 4.39 Å². The van der Waals surface area contributed by atoms with Crippen molar-refractivity contribution in [2.75, 3.05) is 0 Å². The highest BCUT2D eigenvalue weighted by atomic mass is 19.1.